The van der Waals surface area contributed by atoms with E-state index >= 15 is 0 Å². The van der Waals surface area contributed by atoms with Gasteiger partial charge in [-0.25, -0.2) is 0 Å². The smallest absolute Gasteiger partial charge is 0.230 e. The first-order valence-corrected chi connectivity index (χ1v) is 7.26. The predicted octanol–water partition coefficient (Wildman–Crippen LogP) is 0.831. The fourth-order valence-corrected chi connectivity index (χ4v) is 2.54. The second-order valence-corrected chi connectivity index (χ2v) is 5.63. The summed E-state index contributed by atoms with van der Waals surface area (Å²) in [5, 5.41) is 13.0. The molecule has 0 unspecified atom stereocenters. The zero-order chi connectivity index (χ0) is 13.6. The minimum absolute atomic E-state index is 0.0678. The SMILES string of the molecule is O=C(CSc1ccncc1)NCC1(O)CCOCC1. The lowest BCUT2D eigenvalue weighted by Crippen LogP contribution is -2.47. The lowest BCUT2D eigenvalue weighted by molar-refractivity contribution is -0.121. The largest absolute Gasteiger partial charge is 0.388 e. The van der Waals surface area contributed by atoms with E-state index in [4.69, 9.17) is 4.74 Å². The molecule has 1 amide bonds. The zero-order valence-electron chi connectivity index (χ0n) is 10.7. The summed E-state index contributed by atoms with van der Waals surface area (Å²) in [6.07, 6.45) is 4.55. The van der Waals surface area contributed by atoms with E-state index in [0.29, 0.717) is 38.4 Å². The molecule has 0 atom stereocenters. The average Bonchev–Trinajstić information content (AvgIpc) is 2.45. The molecule has 104 valence electrons. The number of carbonyl (C=O) groups excluding carboxylic acids is 1. The summed E-state index contributed by atoms with van der Waals surface area (Å²) in [7, 11) is 0. The number of thioether (sulfide) groups is 1. The minimum Gasteiger partial charge on any atom is -0.388 e. The third kappa shape index (κ3) is 4.81. The van der Waals surface area contributed by atoms with E-state index in [1.165, 1.54) is 11.8 Å². The standard InChI is InChI=1S/C13H18N2O3S/c16-12(9-19-11-1-5-14-6-2-11)15-10-13(17)3-7-18-8-4-13/h1-2,5-6,17H,3-4,7-10H2,(H,15,16). The van der Waals surface area contributed by atoms with Crippen LogP contribution in [0.4, 0.5) is 0 Å². The zero-order valence-corrected chi connectivity index (χ0v) is 11.5. The Morgan fingerprint density at radius 1 is 1.42 bits per heavy atom. The Labute approximate surface area is 116 Å². The topological polar surface area (TPSA) is 71.5 Å². The lowest BCUT2D eigenvalue weighted by atomic mass is 9.94. The van der Waals surface area contributed by atoms with Gasteiger partial charge in [0.25, 0.3) is 0 Å². The van der Waals surface area contributed by atoms with E-state index < -0.39 is 5.60 Å². The van der Waals surface area contributed by atoms with Crippen molar-refractivity contribution in [1.29, 1.82) is 0 Å². The van der Waals surface area contributed by atoms with Crippen molar-refractivity contribution in [3.05, 3.63) is 24.5 Å². The van der Waals surface area contributed by atoms with E-state index in [1.54, 1.807) is 12.4 Å². The molecule has 0 radical (unpaired) electrons. The molecule has 0 aromatic carbocycles. The first-order chi connectivity index (χ1) is 9.18. The van der Waals surface area contributed by atoms with Gasteiger partial charge >= 0.3 is 0 Å². The summed E-state index contributed by atoms with van der Waals surface area (Å²) in [6.45, 7) is 1.41. The number of aliphatic hydroxyl groups is 1. The number of amides is 1. The number of hydrogen-bond acceptors (Lipinski definition) is 5. The minimum atomic E-state index is -0.810. The van der Waals surface area contributed by atoms with Gasteiger partial charge in [-0.1, -0.05) is 0 Å². The Balaban J connectivity index is 1.70. The van der Waals surface area contributed by atoms with Crippen molar-refractivity contribution < 1.29 is 14.6 Å². The Morgan fingerprint density at radius 3 is 2.79 bits per heavy atom. The number of pyridine rings is 1. The molecular formula is C13H18N2O3S. The van der Waals surface area contributed by atoms with Gasteiger partial charge in [0, 0.05) is 49.9 Å². The van der Waals surface area contributed by atoms with Crippen LogP contribution in [-0.4, -0.2) is 47.1 Å². The van der Waals surface area contributed by atoms with Crippen LogP contribution in [0.3, 0.4) is 0 Å². The molecule has 2 N–H and O–H groups in total. The van der Waals surface area contributed by atoms with Crippen LogP contribution in [0.15, 0.2) is 29.4 Å². The van der Waals surface area contributed by atoms with Gasteiger partial charge in [0.15, 0.2) is 0 Å². The number of ether oxygens (including phenoxy) is 1. The van der Waals surface area contributed by atoms with Crippen LogP contribution in [0.25, 0.3) is 0 Å². The van der Waals surface area contributed by atoms with Crippen LogP contribution in [0.5, 0.6) is 0 Å². The molecule has 19 heavy (non-hydrogen) atoms. The second-order valence-electron chi connectivity index (χ2n) is 4.59. The normalized spacial score (nSPS) is 17.9. The van der Waals surface area contributed by atoms with Crippen molar-refractivity contribution in [2.45, 2.75) is 23.3 Å². The number of aromatic nitrogens is 1. The van der Waals surface area contributed by atoms with Crippen LogP contribution in [-0.2, 0) is 9.53 Å². The summed E-state index contributed by atoms with van der Waals surface area (Å²) < 4.78 is 5.19. The van der Waals surface area contributed by atoms with Crippen molar-refractivity contribution in [3.8, 4) is 0 Å². The number of rotatable bonds is 5. The molecule has 2 heterocycles. The predicted molar refractivity (Wildman–Crippen MR) is 73.0 cm³/mol. The van der Waals surface area contributed by atoms with Crippen molar-refractivity contribution in [3.63, 3.8) is 0 Å². The number of hydrogen-bond donors (Lipinski definition) is 2. The fourth-order valence-electron chi connectivity index (χ4n) is 1.83. The van der Waals surface area contributed by atoms with Crippen molar-refractivity contribution in [1.82, 2.24) is 10.3 Å². The average molecular weight is 282 g/mol. The highest BCUT2D eigenvalue weighted by Crippen LogP contribution is 2.19. The Morgan fingerprint density at radius 2 is 2.11 bits per heavy atom. The number of nitrogens with zero attached hydrogens (tertiary/aromatic N) is 1. The van der Waals surface area contributed by atoms with Gasteiger partial charge < -0.3 is 15.2 Å². The highest BCUT2D eigenvalue weighted by Gasteiger charge is 2.29. The van der Waals surface area contributed by atoms with E-state index in [0.717, 1.165) is 4.90 Å². The maximum Gasteiger partial charge on any atom is 0.230 e. The Kier molecular flexibility index (Phi) is 5.18. The lowest BCUT2D eigenvalue weighted by Gasteiger charge is -2.32. The van der Waals surface area contributed by atoms with Crippen LogP contribution in [0.1, 0.15) is 12.8 Å². The van der Waals surface area contributed by atoms with Gasteiger partial charge in [-0.15, -0.1) is 11.8 Å². The maximum absolute atomic E-state index is 11.7. The van der Waals surface area contributed by atoms with E-state index in [-0.39, 0.29) is 5.91 Å². The summed E-state index contributed by atoms with van der Waals surface area (Å²) in [5.74, 6) is 0.276. The molecule has 1 aliphatic rings. The molecule has 1 aliphatic heterocycles. The number of nitrogens with one attached hydrogen (secondary N) is 1. The van der Waals surface area contributed by atoms with Crippen LogP contribution in [0, 0.1) is 0 Å². The molecule has 1 fully saturated rings. The van der Waals surface area contributed by atoms with E-state index in [9.17, 15) is 9.90 Å². The molecule has 1 aromatic heterocycles. The van der Waals surface area contributed by atoms with Crippen molar-refractivity contribution in [2.75, 3.05) is 25.5 Å². The summed E-state index contributed by atoms with van der Waals surface area (Å²) in [6, 6.07) is 3.73. The fraction of sp³-hybridized carbons (Fsp3) is 0.538. The second kappa shape index (κ2) is 6.88. The molecule has 5 nitrogen and oxygen atoms in total. The molecule has 2 rings (SSSR count). The van der Waals surface area contributed by atoms with Crippen LogP contribution < -0.4 is 5.32 Å². The molecule has 1 aromatic rings. The molecular weight excluding hydrogens is 264 g/mol. The van der Waals surface area contributed by atoms with Gasteiger partial charge in [-0.2, -0.15) is 0 Å². The molecule has 0 saturated carbocycles. The van der Waals surface area contributed by atoms with E-state index in [1.807, 2.05) is 12.1 Å². The monoisotopic (exact) mass is 282 g/mol. The summed E-state index contributed by atoms with van der Waals surface area (Å²) >= 11 is 1.46. The van der Waals surface area contributed by atoms with Gasteiger partial charge in [0.1, 0.15) is 0 Å². The first-order valence-electron chi connectivity index (χ1n) is 6.28. The van der Waals surface area contributed by atoms with Gasteiger partial charge in [-0.3, -0.25) is 9.78 Å². The van der Waals surface area contributed by atoms with Crippen molar-refractivity contribution in [2.24, 2.45) is 0 Å². The molecule has 6 heteroatoms. The third-order valence-electron chi connectivity index (χ3n) is 3.06. The van der Waals surface area contributed by atoms with Crippen molar-refractivity contribution >= 4 is 17.7 Å². The Hall–Kier alpha value is -1.11. The highest BCUT2D eigenvalue weighted by atomic mass is 32.2. The quantitative estimate of drug-likeness (QED) is 0.783. The first kappa shape index (κ1) is 14.3. The Bertz CT molecular complexity index is 408. The number of carbonyl (C=O) groups is 1. The van der Waals surface area contributed by atoms with Gasteiger partial charge in [0.05, 0.1) is 11.4 Å². The van der Waals surface area contributed by atoms with Crippen LogP contribution >= 0.6 is 11.8 Å². The molecule has 0 bridgehead atoms. The van der Waals surface area contributed by atoms with Crippen LogP contribution in [0.2, 0.25) is 0 Å². The summed E-state index contributed by atoms with van der Waals surface area (Å²) in [4.78, 5) is 16.6. The maximum atomic E-state index is 11.7. The summed E-state index contributed by atoms with van der Waals surface area (Å²) in [5.41, 5.74) is -0.810. The van der Waals surface area contributed by atoms with Gasteiger partial charge in [-0.05, 0) is 12.1 Å². The van der Waals surface area contributed by atoms with Gasteiger partial charge in [0.2, 0.25) is 5.91 Å². The molecule has 1 saturated heterocycles. The molecule has 0 spiro atoms. The highest BCUT2D eigenvalue weighted by molar-refractivity contribution is 8.00. The third-order valence-corrected chi connectivity index (χ3v) is 4.07. The molecule has 0 aliphatic carbocycles. The van der Waals surface area contributed by atoms with E-state index in [2.05, 4.69) is 10.3 Å².